The molecule has 0 atom stereocenters. The quantitative estimate of drug-likeness (QED) is 0.694. The number of thiazole rings is 1. The summed E-state index contributed by atoms with van der Waals surface area (Å²) in [4.78, 5) is 6.10. The van der Waals surface area contributed by atoms with Crippen molar-refractivity contribution >= 4 is 21.5 Å². The molecule has 0 saturated carbocycles. The van der Waals surface area contributed by atoms with E-state index in [-0.39, 0.29) is 0 Å². The fourth-order valence-electron chi connectivity index (χ4n) is 0.725. The minimum absolute atomic E-state index is 0.746. The van der Waals surface area contributed by atoms with Crippen LogP contribution in [0.15, 0.2) is 18.9 Å². The number of likely N-dealkylation sites (N-methyl/N-ethyl adjacent to an activating group) is 1. The van der Waals surface area contributed by atoms with Crippen LogP contribution in [0.5, 0.6) is 0 Å². The molecule has 11 heavy (non-hydrogen) atoms. The van der Waals surface area contributed by atoms with Crippen LogP contribution in [0.3, 0.4) is 0 Å². The van der Waals surface area contributed by atoms with E-state index in [1.165, 1.54) is 11.3 Å². The number of hydrogen-bond donors (Lipinski definition) is 1. The third-order valence-electron chi connectivity index (χ3n) is 1.24. The van der Waals surface area contributed by atoms with Crippen molar-refractivity contribution in [2.24, 2.45) is 0 Å². The molecule has 0 amide bonds. The highest BCUT2D eigenvalue weighted by atomic mass is 32.1. The van der Waals surface area contributed by atoms with E-state index < -0.39 is 0 Å². The zero-order valence-corrected chi connectivity index (χ0v) is 7.27. The predicted molar refractivity (Wildman–Crippen MR) is 50.0 cm³/mol. The van der Waals surface area contributed by atoms with Crippen molar-refractivity contribution in [3.63, 3.8) is 0 Å². The zero-order chi connectivity index (χ0) is 8.27. The summed E-state index contributed by atoms with van der Waals surface area (Å²) in [6.45, 7) is 4.44. The van der Waals surface area contributed by atoms with Gasteiger partial charge in [0, 0.05) is 13.6 Å². The van der Waals surface area contributed by atoms with Gasteiger partial charge in [0.15, 0.2) is 5.13 Å². The summed E-state index contributed by atoms with van der Waals surface area (Å²) in [7, 11) is 1.96. The lowest BCUT2D eigenvalue weighted by Gasteiger charge is -2.11. The summed E-state index contributed by atoms with van der Waals surface area (Å²) in [6.07, 6.45) is 3.50. The molecule has 0 bridgehead atoms. The van der Waals surface area contributed by atoms with Crippen LogP contribution in [0.1, 0.15) is 0 Å². The molecule has 0 aliphatic heterocycles. The minimum Gasteiger partial charge on any atom is -0.389 e. The fourth-order valence-corrected chi connectivity index (χ4v) is 1.38. The van der Waals surface area contributed by atoms with E-state index in [9.17, 15) is 0 Å². The van der Waals surface area contributed by atoms with Crippen LogP contribution in [0, 0.1) is 0 Å². The van der Waals surface area contributed by atoms with Gasteiger partial charge in [0.1, 0.15) is 5.00 Å². The van der Waals surface area contributed by atoms with Crippen molar-refractivity contribution in [3.8, 4) is 0 Å². The first-order chi connectivity index (χ1) is 5.24. The molecule has 0 aromatic carbocycles. The molecular weight excluding hydrogens is 158 g/mol. The zero-order valence-electron chi connectivity index (χ0n) is 6.45. The van der Waals surface area contributed by atoms with Crippen LogP contribution in [0.2, 0.25) is 0 Å². The topological polar surface area (TPSA) is 42.2 Å². The summed E-state index contributed by atoms with van der Waals surface area (Å²) in [6, 6.07) is 0. The summed E-state index contributed by atoms with van der Waals surface area (Å²) >= 11 is 1.48. The van der Waals surface area contributed by atoms with Gasteiger partial charge in [0.05, 0.1) is 6.20 Å². The van der Waals surface area contributed by atoms with E-state index in [4.69, 9.17) is 5.73 Å². The van der Waals surface area contributed by atoms with Gasteiger partial charge in [0.25, 0.3) is 0 Å². The second-order valence-electron chi connectivity index (χ2n) is 2.21. The Labute approximate surface area is 70.2 Å². The van der Waals surface area contributed by atoms with E-state index >= 15 is 0 Å². The number of nitrogen functional groups attached to an aromatic ring is 1. The molecule has 0 spiro atoms. The fraction of sp³-hybridized carbons (Fsp3) is 0.286. The molecule has 1 rings (SSSR count). The van der Waals surface area contributed by atoms with E-state index in [2.05, 4.69) is 11.6 Å². The first-order valence-electron chi connectivity index (χ1n) is 3.27. The minimum atomic E-state index is 0.746. The van der Waals surface area contributed by atoms with Gasteiger partial charge in [-0.1, -0.05) is 17.4 Å². The van der Waals surface area contributed by atoms with Gasteiger partial charge in [-0.25, -0.2) is 4.98 Å². The van der Waals surface area contributed by atoms with Crippen LogP contribution in [-0.4, -0.2) is 18.6 Å². The Bertz CT molecular complexity index is 244. The smallest absolute Gasteiger partial charge is 0.187 e. The molecule has 0 saturated heterocycles. The summed E-state index contributed by atoms with van der Waals surface area (Å²) in [5.41, 5.74) is 5.52. The molecule has 0 aliphatic rings. The van der Waals surface area contributed by atoms with Crippen LogP contribution < -0.4 is 10.6 Å². The Morgan fingerprint density at radius 1 is 1.91 bits per heavy atom. The standard InChI is InChI=1S/C7H11N3S/c1-3-4-10(2)7-9-5-6(8)11-7/h3,5H,1,4,8H2,2H3. The van der Waals surface area contributed by atoms with Gasteiger partial charge in [-0.3, -0.25) is 0 Å². The molecule has 1 aromatic heterocycles. The van der Waals surface area contributed by atoms with Crippen molar-refractivity contribution in [2.45, 2.75) is 0 Å². The van der Waals surface area contributed by atoms with Crippen molar-refractivity contribution in [1.29, 1.82) is 0 Å². The van der Waals surface area contributed by atoms with Crippen LogP contribution in [0.25, 0.3) is 0 Å². The third-order valence-corrected chi connectivity index (χ3v) is 2.18. The van der Waals surface area contributed by atoms with Gasteiger partial charge in [-0.05, 0) is 0 Å². The largest absolute Gasteiger partial charge is 0.389 e. The lowest BCUT2D eigenvalue weighted by atomic mass is 10.6. The monoisotopic (exact) mass is 169 g/mol. The van der Waals surface area contributed by atoms with Crippen LogP contribution >= 0.6 is 11.3 Å². The van der Waals surface area contributed by atoms with Crippen LogP contribution in [0.4, 0.5) is 10.1 Å². The molecule has 4 heteroatoms. The van der Waals surface area contributed by atoms with Gasteiger partial charge in [0.2, 0.25) is 0 Å². The Morgan fingerprint density at radius 3 is 3.09 bits per heavy atom. The van der Waals surface area contributed by atoms with Gasteiger partial charge >= 0.3 is 0 Å². The van der Waals surface area contributed by atoms with Crippen molar-refractivity contribution in [2.75, 3.05) is 24.2 Å². The highest BCUT2D eigenvalue weighted by Crippen LogP contribution is 2.22. The van der Waals surface area contributed by atoms with Gasteiger partial charge in [-0.2, -0.15) is 0 Å². The molecule has 0 fully saturated rings. The first-order valence-corrected chi connectivity index (χ1v) is 4.09. The molecule has 1 heterocycles. The second kappa shape index (κ2) is 3.39. The molecule has 0 unspecified atom stereocenters. The van der Waals surface area contributed by atoms with E-state index in [1.54, 1.807) is 6.20 Å². The Morgan fingerprint density at radius 2 is 2.64 bits per heavy atom. The summed E-state index contributed by atoms with van der Waals surface area (Å²) in [5.74, 6) is 0. The molecular formula is C7H11N3S. The molecule has 0 aliphatic carbocycles. The number of anilines is 2. The molecule has 1 aromatic rings. The number of nitrogens with zero attached hydrogens (tertiary/aromatic N) is 2. The Hall–Kier alpha value is -1.03. The van der Waals surface area contributed by atoms with E-state index in [1.807, 2.05) is 18.0 Å². The maximum Gasteiger partial charge on any atom is 0.187 e. The molecule has 60 valence electrons. The Kier molecular flexibility index (Phi) is 2.48. The number of nitrogens with two attached hydrogens (primary N) is 1. The molecule has 0 radical (unpaired) electrons. The highest BCUT2D eigenvalue weighted by molar-refractivity contribution is 7.19. The lowest BCUT2D eigenvalue weighted by molar-refractivity contribution is 1.02. The maximum atomic E-state index is 5.52. The van der Waals surface area contributed by atoms with E-state index in [0.717, 1.165) is 16.7 Å². The van der Waals surface area contributed by atoms with E-state index in [0.29, 0.717) is 0 Å². The van der Waals surface area contributed by atoms with Crippen molar-refractivity contribution in [1.82, 2.24) is 4.98 Å². The first kappa shape index (κ1) is 8.07. The van der Waals surface area contributed by atoms with Crippen LogP contribution in [-0.2, 0) is 0 Å². The van der Waals surface area contributed by atoms with Gasteiger partial charge in [-0.15, -0.1) is 6.58 Å². The number of rotatable bonds is 3. The molecule has 2 N–H and O–H groups in total. The highest BCUT2D eigenvalue weighted by Gasteiger charge is 2.01. The second-order valence-corrected chi connectivity index (χ2v) is 3.26. The number of hydrogen-bond acceptors (Lipinski definition) is 4. The average Bonchev–Trinajstić information content (AvgIpc) is 2.36. The third kappa shape index (κ3) is 1.94. The van der Waals surface area contributed by atoms with Crippen molar-refractivity contribution < 1.29 is 0 Å². The molecule has 3 nitrogen and oxygen atoms in total. The Balaban J connectivity index is 2.67. The predicted octanol–water partition coefficient (Wildman–Crippen LogP) is 1.35. The summed E-state index contributed by atoms with van der Waals surface area (Å²) < 4.78 is 0. The van der Waals surface area contributed by atoms with Gasteiger partial charge < -0.3 is 10.6 Å². The average molecular weight is 169 g/mol. The van der Waals surface area contributed by atoms with Crippen molar-refractivity contribution in [3.05, 3.63) is 18.9 Å². The maximum absolute atomic E-state index is 5.52. The normalized spacial score (nSPS) is 9.55. The lowest BCUT2D eigenvalue weighted by Crippen LogP contribution is -2.15. The SMILES string of the molecule is C=CCN(C)c1ncc(N)s1. The summed E-state index contributed by atoms with van der Waals surface area (Å²) in [5, 5.41) is 1.68. The number of aromatic nitrogens is 1.